The number of hydrogen-bond acceptors (Lipinski definition) is 7. The molecule has 0 spiro atoms. The average molecular weight is 519 g/mol. The summed E-state index contributed by atoms with van der Waals surface area (Å²) >= 11 is 0. The van der Waals surface area contributed by atoms with E-state index >= 15 is 0 Å². The Bertz CT molecular complexity index is 1230. The number of ether oxygens (including phenoxy) is 1. The zero-order valence-electron chi connectivity index (χ0n) is 22.1. The molecule has 0 aromatic heterocycles. The molecule has 2 aromatic carbocycles. The number of methoxy groups -OCH3 is 1. The number of rotatable bonds is 9. The molecule has 0 radical (unpaired) electrons. The third kappa shape index (κ3) is 5.62. The van der Waals surface area contributed by atoms with Gasteiger partial charge in [-0.3, -0.25) is 19.8 Å². The van der Waals surface area contributed by atoms with Crippen LogP contribution in [0.3, 0.4) is 0 Å². The van der Waals surface area contributed by atoms with Crippen molar-refractivity contribution in [1.82, 2.24) is 15.1 Å². The Labute approximate surface area is 222 Å². The minimum Gasteiger partial charge on any atom is -0.466 e. The molecule has 9 nitrogen and oxygen atoms in total. The number of piperidine rings is 1. The highest BCUT2D eigenvalue weighted by molar-refractivity contribution is 5.92. The van der Waals surface area contributed by atoms with E-state index in [0.29, 0.717) is 29.0 Å². The van der Waals surface area contributed by atoms with Crippen molar-refractivity contribution < 1.29 is 19.2 Å². The van der Waals surface area contributed by atoms with Crippen molar-refractivity contribution in [2.45, 2.75) is 51.6 Å². The molecule has 0 bridgehead atoms. The summed E-state index contributed by atoms with van der Waals surface area (Å²) in [6.07, 6.45) is 3.05. The molecular weight excluding hydrogens is 484 g/mol. The number of dihydropyridines is 1. The third-order valence-corrected chi connectivity index (χ3v) is 7.40. The number of nitrogens with zero attached hydrogens (tertiary/aromatic N) is 3. The molecule has 1 amide bonds. The van der Waals surface area contributed by atoms with Crippen molar-refractivity contribution in [2.75, 3.05) is 20.2 Å². The second-order valence-electron chi connectivity index (χ2n) is 9.66. The lowest BCUT2D eigenvalue weighted by Gasteiger charge is -2.42. The fraction of sp³-hybridized carbons (Fsp3) is 0.379. The second kappa shape index (κ2) is 12.0. The van der Waals surface area contributed by atoms with Gasteiger partial charge in [-0.25, -0.2) is 4.79 Å². The quantitative estimate of drug-likeness (QED) is 0.226. The van der Waals surface area contributed by atoms with Crippen LogP contribution in [-0.4, -0.2) is 53.3 Å². The number of likely N-dealkylation sites (tertiary alicyclic amines) is 1. The normalized spacial score (nSPS) is 18.7. The molecule has 4 rings (SSSR count). The van der Waals surface area contributed by atoms with Gasteiger partial charge in [0, 0.05) is 49.2 Å². The molecule has 1 saturated heterocycles. The smallest absolute Gasteiger partial charge is 0.336 e. The van der Waals surface area contributed by atoms with Crippen molar-refractivity contribution in [1.29, 1.82) is 0 Å². The number of nitro groups is 1. The number of nitrogens with one attached hydrogen (secondary N) is 1. The van der Waals surface area contributed by atoms with Crippen molar-refractivity contribution in [3.8, 4) is 0 Å². The van der Waals surface area contributed by atoms with Crippen LogP contribution < -0.4 is 5.32 Å². The Hall–Kier alpha value is -3.98. The summed E-state index contributed by atoms with van der Waals surface area (Å²) in [5.41, 5.74) is 4.48. The first-order valence-corrected chi connectivity index (χ1v) is 12.9. The van der Waals surface area contributed by atoms with Crippen LogP contribution in [0.15, 0.2) is 77.3 Å². The molecule has 1 atom stereocenters. The first-order valence-electron chi connectivity index (χ1n) is 12.9. The summed E-state index contributed by atoms with van der Waals surface area (Å²) in [6, 6.07) is 16.4. The Morgan fingerprint density at radius 2 is 1.82 bits per heavy atom. The molecule has 9 heteroatoms. The van der Waals surface area contributed by atoms with Gasteiger partial charge in [0.2, 0.25) is 6.41 Å². The number of carbonyl (C=O) groups excluding carboxylic acids is 2. The van der Waals surface area contributed by atoms with Crippen LogP contribution in [-0.2, 0) is 20.9 Å². The summed E-state index contributed by atoms with van der Waals surface area (Å²) in [4.78, 5) is 40.7. The van der Waals surface area contributed by atoms with Gasteiger partial charge in [0.1, 0.15) is 0 Å². The molecule has 200 valence electrons. The minimum absolute atomic E-state index is 0.0396. The van der Waals surface area contributed by atoms with Gasteiger partial charge < -0.3 is 15.0 Å². The van der Waals surface area contributed by atoms with Crippen LogP contribution in [0.25, 0.3) is 0 Å². The number of esters is 1. The highest BCUT2D eigenvalue weighted by atomic mass is 16.6. The average Bonchev–Trinajstić information content (AvgIpc) is 2.94. The van der Waals surface area contributed by atoms with E-state index in [-0.39, 0.29) is 11.7 Å². The molecule has 2 aliphatic rings. The van der Waals surface area contributed by atoms with Crippen molar-refractivity contribution >= 4 is 18.1 Å². The molecule has 2 aliphatic heterocycles. The number of non-ortho nitro benzene ring substituents is 1. The first-order chi connectivity index (χ1) is 18.4. The lowest BCUT2D eigenvalue weighted by atomic mass is 9.82. The van der Waals surface area contributed by atoms with Crippen LogP contribution in [0.5, 0.6) is 0 Å². The number of amides is 1. The molecule has 2 aromatic rings. The number of carbonyl (C=O) groups is 2. The van der Waals surface area contributed by atoms with Gasteiger partial charge in [0.05, 0.1) is 29.2 Å². The lowest BCUT2D eigenvalue weighted by molar-refractivity contribution is -0.384. The van der Waals surface area contributed by atoms with Crippen LogP contribution in [0.4, 0.5) is 5.69 Å². The Morgan fingerprint density at radius 1 is 1.16 bits per heavy atom. The molecule has 2 heterocycles. The summed E-state index contributed by atoms with van der Waals surface area (Å²) < 4.78 is 5.14. The van der Waals surface area contributed by atoms with E-state index in [2.05, 4.69) is 22.3 Å². The Morgan fingerprint density at radius 3 is 2.37 bits per heavy atom. The molecule has 0 saturated carbocycles. The predicted molar refractivity (Wildman–Crippen MR) is 144 cm³/mol. The van der Waals surface area contributed by atoms with Crippen LogP contribution >= 0.6 is 0 Å². The summed E-state index contributed by atoms with van der Waals surface area (Å²) in [6.45, 7) is 6.35. The monoisotopic (exact) mass is 518 g/mol. The van der Waals surface area contributed by atoms with Gasteiger partial charge in [0.25, 0.3) is 5.69 Å². The predicted octanol–water partition coefficient (Wildman–Crippen LogP) is 4.47. The number of hydrogen-bond donors (Lipinski definition) is 1. The number of benzene rings is 2. The zero-order valence-corrected chi connectivity index (χ0v) is 22.1. The van der Waals surface area contributed by atoms with E-state index in [0.717, 1.165) is 44.6 Å². The topological polar surface area (TPSA) is 105 Å². The van der Waals surface area contributed by atoms with E-state index < -0.39 is 16.8 Å². The van der Waals surface area contributed by atoms with E-state index in [1.54, 1.807) is 17.0 Å². The van der Waals surface area contributed by atoms with Gasteiger partial charge in [-0.1, -0.05) is 49.4 Å². The van der Waals surface area contributed by atoms with Crippen LogP contribution in [0, 0.1) is 10.1 Å². The first kappa shape index (κ1) is 27.1. The summed E-state index contributed by atoms with van der Waals surface area (Å²) in [5.74, 6) is -1.11. The SMILES string of the molecule is CCC1=C(N(C=O)C2CCN(Cc3ccccc3)CC2)C(c2ccc([N+](=O)[O-])cc2)C(C(=O)OC)=C(C)N1. The maximum Gasteiger partial charge on any atom is 0.336 e. The van der Waals surface area contributed by atoms with Gasteiger partial charge in [-0.05, 0) is 37.3 Å². The van der Waals surface area contributed by atoms with Crippen molar-refractivity contribution in [2.24, 2.45) is 0 Å². The fourth-order valence-corrected chi connectivity index (χ4v) is 5.49. The molecule has 1 fully saturated rings. The summed E-state index contributed by atoms with van der Waals surface area (Å²) in [7, 11) is 1.33. The van der Waals surface area contributed by atoms with Crippen LogP contribution in [0.1, 0.15) is 50.2 Å². The highest BCUT2D eigenvalue weighted by Crippen LogP contribution is 2.42. The maximum atomic E-state index is 13.0. The van der Waals surface area contributed by atoms with Crippen molar-refractivity contribution in [3.63, 3.8) is 0 Å². The second-order valence-corrected chi connectivity index (χ2v) is 9.66. The third-order valence-electron chi connectivity index (χ3n) is 7.40. The number of nitro benzene ring substituents is 1. The zero-order chi connectivity index (χ0) is 27.2. The molecule has 1 N–H and O–H groups in total. The molecular formula is C29H34N4O5. The largest absolute Gasteiger partial charge is 0.466 e. The standard InChI is InChI=1S/C29H34N4O5/c1-4-25-28(32(19-34)23-14-16-31(17-15-23)18-21-8-6-5-7-9-21)27(26(20(2)30-25)29(35)38-3)22-10-12-24(13-11-22)33(36)37/h5-13,19,23,27,30H,4,14-18H2,1-3H3. The van der Waals surface area contributed by atoms with Gasteiger partial charge >= 0.3 is 5.97 Å². The van der Waals surface area contributed by atoms with E-state index in [1.165, 1.54) is 24.8 Å². The van der Waals surface area contributed by atoms with E-state index in [4.69, 9.17) is 4.74 Å². The van der Waals surface area contributed by atoms with E-state index in [1.807, 2.05) is 32.0 Å². The fourth-order valence-electron chi connectivity index (χ4n) is 5.49. The highest BCUT2D eigenvalue weighted by Gasteiger charge is 2.39. The van der Waals surface area contributed by atoms with Crippen LogP contribution in [0.2, 0.25) is 0 Å². The lowest BCUT2D eigenvalue weighted by Crippen LogP contribution is -2.46. The molecule has 0 aliphatic carbocycles. The number of allylic oxidation sites excluding steroid dienone is 3. The molecule has 38 heavy (non-hydrogen) atoms. The maximum absolute atomic E-state index is 13.0. The summed E-state index contributed by atoms with van der Waals surface area (Å²) in [5, 5.41) is 14.6. The Balaban J connectivity index is 1.67. The van der Waals surface area contributed by atoms with Gasteiger partial charge in [-0.2, -0.15) is 0 Å². The van der Waals surface area contributed by atoms with Gasteiger partial charge in [0.15, 0.2) is 0 Å². The molecule has 1 unspecified atom stereocenters. The van der Waals surface area contributed by atoms with Gasteiger partial charge in [-0.15, -0.1) is 0 Å². The minimum atomic E-state index is -0.605. The Kier molecular flexibility index (Phi) is 8.58. The van der Waals surface area contributed by atoms with E-state index in [9.17, 15) is 19.7 Å². The van der Waals surface area contributed by atoms with Crippen molar-refractivity contribution in [3.05, 3.63) is 98.5 Å².